The second kappa shape index (κ2) is 6.19. The Bertz CT molecular complexity index is 926. The average Bonchev–Trinajstić information content (AvgIpc) is 3.13. The molecule has 1 N–H and O–H groups in total. The van der Waals surface area contributed by atoms with Gasteiger partial charge in [0.2, 0.25) is 5.91 Å². The van der Waals surface area contributed by atoms with E-state index in [1.807, 2.05) is 0 Å². The van der Waals surface area contributed by atoms with E-state index in [0.717, 1.165) is 0 Å². The van der Waals surface area contributed by atoms with Crippen LogP contribution in [0, 0.1) is 12.7 Å². The molecule has 2 heterocycles. The van der Waals surface area contributed by atoms with E-state index in [1.165, 1.54) is 30.1 Å². The number of anilines is 1. The maximum Gasteiger partial charge on any atom is 0.354 e. The van der Waals surface area contributed by atoms with E-state index in [0.29, 0.717) is 22.4 Å². The Morgan fingerprint density at radius 1 is 1.29 bits per heavy atom. The van der Waals surface area contributed by atoms with Crippen LogP contribution in [0.2, 0.25) is 0 Å². The molecule has 0 aliphatic carbocycles. The number of ether oxygens (including phenoxy) is 1. The van der Waals surface area contributed by atoms with Crippen molar-refractivity contribution in [3.05, 3.63) is 53.7 Å². The van der Waals surface area contributed by atoms with Crippen molar-refractivity contribution >= 4 is 28.7 Å². The third kappa shape index (κ3) is 2.88. The third-order valence-corrected chi connectivity index (χ3v) is 3.67. The van der Waals surface area contributed by atoms with Gasteiger partial charge < -0.3 is 19.0 Å². The zero-order valence-electron chi connectivity index (χ0n) is 13.1. The van der Waals surface area contributed by atoms with Gasteiger partial charge in [-0.05, 0) is 24.6 Å². The maximum absolute atomic E-state index is 13.6. The monoisotopic (exact) mass is 330 g/mol. The van der Waals surface area contributed by atoms with Crippen molar-refractivity contribution in [1.29, 1.82) is 0 Å². The van der Waals surface area contributed by atoms with Gasteiger partial charge in [-0.25, -0.2) is 9.18 Å². The van der Waals surface area contributed by atoms with Crippen LogP contribution in [0.5, 0.6) is 0 Å². The summed E-state index contributed by atoms with van der Waals surface area (Å²) >= 11 is 0. The fourth-order valence-corrected chi connectivity index (χ4v) is 2.44. The number of carbonyl (C=O) groups excluding carboxylic acids is 2. The number of benzene rings is 1. The van der Waals surface area contributed by atoms with E-state index in [9.17, 15) is 14.0 Å². The van der Waals surface area contributed by atoms with E-state index in [2.05, 4.69) is 5.32 Å². The van der Waals surface area contributed by atoms with Gasteiger partial charge in [0.1, 0.15) is 18.1 Å². The minimum absolute atomic E-state index is 0.136. The number of aromatic nitrogens is 1. The first-order valence-corrected chi connectivity index (χ1v) is 7.20. The molecule has 0 fully saturated rings. The smallest absolute Gasteiger partial charge is 0.354 e. The van der Waals surface area contributed by atoms with Crippen molar-refractivity contribution in [2.24, 2.45) is 0 Å². The van der Waals surface area contributed by atoms with Crippen LogP contribution in [0.3, 0.4) is 0 Å². The number of hydrogen-bond donors (Lipinski definition) is 1. The molecule has 2 aromatic heterocycles. The molecule has 7 heteroatoms. The molecule has 124 valence electrons. The van der Waals surface area contributed by atoms with Gasteiger partial charge in [0.05, 0.1) is 18.9 Å². The second-order valence-electron chi connectivity index (χ2n) is 5.29. The Morgan fingerprint density at radius 2 is 2.08 bits per heavy atom. The van der Waals surface area contributed by atoms with Crippen LogP contribution in [0.15, 0.2) is 41.0 Å². The van der Waals surface area contributed by atoms with E-state index in [1.54, 1.807) is 25.1 Å². The fraction of sp³-hybridized carbons (Fsp3) is 0.176. The van der Waals surface area contributed by atoms with E-state index >= 15 is 0 Å². The summed E-state index contributed by atoms with van der Waals surface area (Å²) in [5, 5.41) is 2.61. The standard InChI is InChI=1S/C17H15FN2O4/c1-10-3-4-11(7-12(10)18)19-16(21)9-20-13-5-6-24-15(13)8-14(20)17(22)23-2/h3-8H,9H2,1-2H3,(H,19,21). The summed E-state index contributed by atoms with van der Waals surface area (Å²) in [6.45, 7) is 1.50. The number of carbonyl (C=O) groups is 2. The molecule has 0 saturated heterocycles. The summed E-state index contributed by atoms with van der Waals surface area (Å²) in [4.78, 5) is 24.1. The van der Waals surface area contributed by atoms with Gasteiger partial charge in [-0.3, -0.25) is 4.79 Å². The van der Waals surface area contributed by atoms with Crippen LogP contribution >= 0.6 is 0 Å². The zero-order chi connectivity index (χ0) is 17.3. The summed E-state index contributed by atoms with van der Waals surface area (Å²) in [6.07, 6.45) is 1.47. The maximum atomic E-state index is 13.6. The highest BCUT2D eigenvalue weighted by molar-refractivity contribution is 5.97. The van der Waals surface area contributed by atoms with Gasteiger partial charge in [-0.2, -0.15) is 0 Å². The molecule has 1 amide bonds. The Kier molecular flexibility index (Phi) is 4.07. The normalized spacial score (nSPS) is 10.8. The van der Waals surface area contributed by atoms with Gasteiger partial charge in [0.25, 0.3) is 0 Å². The molecule has 3 aromatic rings. The minimum Gasteiger partial charge on any atom is -0.464 e. The number of rotatable bonds is 4. The van der Waals surface area contributed by atoms with Crippen molar-refractivity contribution in [3.63, 3.8) is 0 Å². The number of hydrogen-bond acceptors (Lipinski definition) is 4. The molecule has 0 aliphatic rings. The predicted molar refractivity (Wildman–Crippen MR) is 85.3 cm³/mol. The van der Waals surface area contributed by atoms with Crippen molar-refractivity contribution in [3.8, 4) is 0 Å². The van der Waals surface area contributed by atoms with Crippen LogP contribution in [-0.4, -0.2) is 23.6 Å². The molecular formula is C17H15FN2O4. The summed E-state index contributed by atoms with van der Waals surface area (Å²) in [5.74, 6) is -1.38. The van der Waals surface area contributed by atoms with Crippen molar-refractivity contribution in [2.45, 2.75) is 13.5 Å². The SMILES string of the molecule is COC(=O)c1cc2occc2n1CC(=O)Nc1ccc(C)c(F)c1. The van der Waals surface area contributed by atoms with Crippen molar-refractivity contribution in [1.82, 2.24) is 4.57 Å². The van der Waals surface area contributed by atoms with Gasteiger partial charge in [0.15, 0.2) is 5.58 Å². The lowest BCUT2D eigenvalue weighted by molar-refractivity contribution is -0.116. The minimum atomic E-state index is -0.574. The van der Waals surface area contributed by atoms with Crippen LogP contribution in [0.1, 0.15) is 16.1 Å². The van der Waals surface area contributed by atoms with Gasteiger partial charge in [-0.1, -0.05) is 6.07 Å². The van der Waals surface area contributed by atoms with Crippen molar-refractivity contribution < 1.29 is 23.1 Å². The molecule has 0 radical (unpaired) electrons. The van der Waals surface area contributed by atoms with E-state index in [-0.39, 0.29) is 12.2 Å². The average molecular weight is 330 g/mol. The number of fused-ring (bicyclic) bond motifs is 1. The number of halogens is 1. The van der Waals surface area contributed by atoms with Crippen LogP contribution < -0.4 is 5.32 Å². The molecule has 0 saturated carbocycles. The van der Waals surface area contributed by atoms with Gasteiger partial charge in [-0.15, -0.1) is 0 Å². The summed E-state index contributed by atoms with van der Waals surface area (Å²) in [6, 6.07) is 7.60. The summed E-state index contributed by atoms with van der Waals surface area (Å²) in [5.41, 5.74) is 2.12. The topological polar surface area (TPSA) is 73.5 Å². The molecule has 1 aromatic carbocycles. The Hall–Kier alpha value is -3.09. The van der Waals surface area contributed by atoms with Crippen LogP contribution in [0.25, 0.3) is 11.1 Å². The lowest BCUT2D eigenvalue weighted by atomic mass is 10.2. The first-order chi connectivity index (χ1) is 11.5. The number of furan rings is 1. The van der Waals surface area contributed by atoms with Crippen molar-refractivity contribution in [2.75, 3.05) is 12.4 Å². The molecular weight excluding hydrogens is 315 g/mol. The highest BCUT2D eigenvalue weighted by atomic mass is 19.1. The first-order valence-electron chi connectivity index (χ1n) is 7.20. The largest absolute Gasteiger partial charge is 0.464 e. The number of nitrogens with one attached hydrogen (secondary N) is 1. The number of esters is 1. The lowest BCUT2D eigenvalue weighted by Crippen LogP contribution is -2.21. The Labute approximate surface area is 136 Å². The second-order valence-corrected chi connectivity index (χ2v) is 5.29. The van der Waals surface area contributed by atoms with E-state index in [4.69, 9.17) is 9.15 Å². The molecule has 0 spiro atoms. The number of methoxy groups -OCH3 is 1. The molecule has 0 aliphatic heterocycles. The van der Waals surface area contributed by atoms with Gasteiger partial charge >= 0.3 is 5.97 Å². The Balaban J connectivity index is 1.85. The molecule has 0 atom stereocenters. The fourth-order valence-electron chi connectivity index (χ4n) is 2.44. The highest BCUT2D eigenvalue weighted by Crippen LogP contribution is 2.22. The molecule has 6 nitrogen and oxygen atoms in total. The highest BCUT2D eigenvalue weighted by Gasteiger charge is 2.19. The molecule has 24 heavy (non-hydrogen) atoms. The number of aryl methyl sites for hydroxylation is 1. The molecule has 0 unspecified atom stereocenters. The van der Waals surface area contributed by atoms with Gasteiger partial charge in [0, 0.05) is 17.8 Å². The predicted octanol–water partition coefficient (Wildman–Crippen LogP) is 3.11. The number of nitrogens with zero attached hydrogens (tertiary/aromatic N) is 1. The number of amides is 1. The quantitative estimate of drug-likeness (QED) is 0.746. The van der Waals surface area contributed by atoms with Crippen LogP contribution in [-0.2, 0) is 16.1 Å². The summed E-state index contributed by atoms with van der Waals surface area (Å²) in [7, 11) is 1.26. The van der Waals surface area contributed by atoms with Crippen LogP contribution in [0.4, 0.5) is 10.1 Å². The molecule has 0 bridgehead atoms. The molecule has 3 rings (SSSR count). The zero-order valence-corrected chi connectivity index (χ0v) is 13.1. The third-order valence-electron chi connectivity index (χ3n) is 3.67. The first kappa shape index (κ1) is 15.8. The summed E-state index contributed by atoms with van der Waals surface area (Å²) < 4.78 is 25.0. The lowest BCUT2D eigenvalue weighted by Gasteiger charge is -2.10. The van der Waals surface area contributed by atoms with E-state index < -0.39 is 17.7 Å². The Morgan fingerprint density at radius 3 is 2.79 bits per heavy atom.